The maximum atomic E-state index is 12.3. The van der Waals surface area contributed by atoms with Crippen LogP contribution in [0, 0.1) is 25.2 Å². The van der Waals surface area contributed by atoms with Gasteiger partial charge in [0, 0.05) is 4.90 Å². The molecule has 2 aromatic rings. The highest BCUT2D eigenvalue weighted by Gasteiger charge is 2.07. The molecule has 0 aliphatic heterocycles. The van der Waals surface area contributed by atoms with Gasteiger partial charge in [0.25, 0.3) is 0 Å². The summed E-state index contributed by atoms with van der Waals surface area (Å²) < 4.78 is 17.8. The van der Waals surface area contributed by atoms with E-state index in [-0.39, 0.29) is 0 Å². The highest BCUT2D eigenvalue weighted by atomic mass is 32.2. The third kappa shape index (κ3) is 4.17. The van der Waals surface area contributed by atoms with Crippen molar-refractivity contribution in [3.8, 4) is 11.8 Å². The van der Waals surface area contributed by atoms with Crippen LogP contribution < -0.4 is 4.74 Å². The second-order valence-electron chi connectivity index (χ2n) is 4.80. The normalized spacial score (nSPS) is 11.7. The summed E-state index contributed by atoms with van der Waals surface area (Å²) in [6, 6.07) is 14.9. The standard InChI is InChI=1S/C17H17NO2S/c1-13-3-8-17(14(2)11-13)21(19)10-9-20-16-6-4-15(12-18)5-7-16/h3-8,11H,9-10H2,1-2H3. The summed E-state index contributed by atoms with van der Waals surface area (Å²) >= 11 is 0. The van der Waals surface area contributed by atoms with E-state index in [4.69, 9.17) is 10.00 Å². The van der Waals surface area contributed by atoms with Crippen LogP contribution in [0.25, 0.3) is 0 Å². The molecule has 0 fully saturated rings. The van der Waals surface area contributed by atoms with Gasteiger partial charge in [-0.05, 0) is 49.7 Å². The first-order valence-electron chi connectivity index (χ1n) is 6.69. The summed E-state index contributed by atoms with van der Waals surface area (Å²) in [5.74, 6) is 1.14. The van der Waals surface area contributed by atoms with Gasteiger partial charge in [-0.1, -0.05) is 17.7 Å². The number of ether oxygens (including phenoxy) is 1. The lowest BCUT2D eigenvalue weighted by atomic mass is 10.2. The predicted molar refractivity (Wildman–Crippen MR) is 83.8 cm³/mol. The molecule has 0 saturated heterocycles. The molecule has 2 rings (SSSR count). The van der Waals surface area contributed by atoms with Crippen molar-refractivity contribution < 1.29 is 8.95 Å². The minimum atomic E-state index is -1.06. The van der Waals surface area contributed by atoms with Gasteiger partial charge in [-0.3, -0.25) is 4.21 Å². The van der Waals surface area contributed by atoms with Gasteiger partial charge in [0.15, 0.2) is 0 Å². The van der Waals surface area contributed by atoms with Crippen LogP contribution in [0.4, 0.5) is 0 Å². The van der Waals surface area contributed by atoms with E-state index in [1.165, 1.54) is 5.56 Å². The lowest BCUT2D eigenvalue weighted by Crippen LogP contribution is -2.09. The minimum Gasteiger partial charge on any atom is -0.493 e. The summed E-state index contributed by atoms with van der Waals surface area (Å²) in [6.45, 7) is 4.38. The molecule has 0 radical (unpaired) electrons. The van der Waals surface area contributed by atoms with Crippen LogP contribution in [0.15, 0.2) is 47.4 Å². The van der Waals surface area contributed by atoms with Gasteiger partial charge < -0.3 is 4.74 Å². The smallest absolute Gasteiger partial charge is 0.119 e. The number of hydrogen-bond donors (Lipinski definition) is 0. The molecule has 3 nitrogen and oxygen atoms in total. The highest BCUT2D eigenvalue weighted by molar-refractivity contribution is 7.85. The van der Waals surface area contributed by atoms with Crippen LogP contribution in [0.2, 0.25) is 0 Å². The van der Waals surface area contributed by atoms with Gasteiger partial charge >= 0.3 is 0 Å². The Morgan fingerprint density at radius 3 is 2.48 bits per heavy atom. The fourth-order valence-electron chi connectivity index (χ4n) is 2.03. The lowest BCUT2D eigenvalue weighted by Gasteiger charge is -2.08. The molecule has 0 aliphatic carbocycles. The molecule has 0 saturated carbocycles. The molecule has 21 heavy (non-hydrogen) atoms. The van der Waals surface area contributed by atoms with Crippen LogP contribution in [0.1, 0.15) is 16.7 Å². The number of hydrogen-bond acceptors (Lipinski definition) is 3. The molecular formula is C17H17NO2S. The number of rotatable bonds is 5. The fraction of sp³-hybridized carbons (Fsp3) is 0.235. The van der Waals surface area contributed by atoms with Crippen LogP contribution >= 0.6 is 0 Å². The quantitative estimate of drug-likeness (QED) is 0.850. The van der Waals surface area contributed by atoms with Crippen LogP contribution in [-0.2, 0) is 10.8 Å². The predicted octanol–water partition coefficient (Wildman–Crippen LogP) is 3.36. The van der Waals surface area contributed by atoms with Crippen molar-refractivity contribution in [1.82, 2.24) is 0 Å². The molecule has 0 aromatic heterocycles. The molecule has 1 atom stereocenters. The Morgan fingerprint density at radius 1 is 1.14 bits per heavy atom. The van der Waals surface area contributed by atoms with E-state index in [9.17, 15) is 4.21 Å². The van der Waals surface area contributed by atoms with Crippen molar-refractivity contribution in [2.45, 2.75) is 18.7 Å². The Hall–Kier alpha value is -2.12. The van der Waals surface area contributed by atoms with Crippen LogP contribution in [-0.4, -0.2) is 16.6 Å². The molecule has 108 valence electrons. The average molecular weight is 299 g/mol. The largest absolute Gasteiger partial charge is 0.493 e. The molecule has 1 unspecified atom stereocenters. The summed E-state index contributed by atoms with van der Waals surface area (Å²) in [5, 5.41) is 8.72. The van der Waals surface area contributed by atoms with Gasteiger partial charge in [0.2, 0.25) is 0 Å². The molecule has 0 heterocycles. The zero-order valence-electron chi connectivity index (χ0n) is 12.1. The molecule has 0 bridgehead atoms. The first kappa shape index (κ1) is 15.3. The van der Waals surface area contributed by atoms with E-state index >= 15 is 0 Å². The Labute approximate surface area is 127 Å². The van der Waals surface area contributed by atoms with E-state index in [1.54, 1.807) is 24.3 Å². The summed E-state index contributed by atoms with van der Waals surface area (Å²) in [4.78, 5) is 0.865. The lowest BCUT2D eigenvalue weighted by molar-refractivity contribution is 0.342. The molecule has 0 aliphatic rings. The Bertz CT molecular complexity index is 687. The maximum absolute atomic E-state index is 12.3. The van der Waals surface area contributed by atoms with Crippen molar-refractivity contribution in [3.63, 3.8) is 0 Å². The zero-order valence-corrected chi connectivity index (χ0v) is 12.9. The molecule has 2 aromatic carbocycles. The van der Waals surface area contributed by atoms with Gasteiger partial charge in [0.05, 0.1) is 28.2 Å². The van der Waals surface area contributed by atoms with Crippen LogP contribution in [0.5, 0.6) is 5.75 Å². The molecular weight excluding hydrogens is 282 g/mol. The number of nitrogens with zero attached hydrogens (tertiary/aromatic N) is 1. The van der Waals surface area contributed by atoms with Crippen LogP contribution in [0.3, 0.4) is 0 Å². The fourth-order valence-corrected chi connectivity index (χ4v) is 3.12. The molecule has 0 spiro atoms. The van der Waals surface area contributed by atoms with E-state index < -0.39 is 10.8 Å². The monoisotopic (exact) mass is 299 g/mol. The minimum absolute atomic E-state index is 0.381. The molecule has 0 N–H and O–H groups in total. The average Bonchev–Trinajstić information content (AvgIpc) is 2.47. The van der Waals surface area contributed by atoms with Crippen molar-refractivity contribution in [2.24, 2.45) is 0 Å². The molecule has 4 heteroatoms. The second-order valence-corrected chi connectivity index (χ2v) is 6.34. The van der Waals surface area contributed by atoms with Gasteiger partial charge in [-0.2, -0.15) is 5.26 Å². The molecule has 0 amide bonds. The topological polar surface area (TPSA) is 50.1 Å². The van der Waals surface area contributed by atoms with Gasteiger partial charge in [-0.15, -0.1) is 0 Å². The van der Waals surface area contributed by atoms with Crippen molar-refractivity contribution >= 4 is 10.8 Å². The van der Waals surface area contributed by atoms with E-state index in [0.29, 0.717) is 23.7 Å². The van der Waals surface area contributed by atoms with E-state index in [0.717, 1.165) is 10.5 Å². The van der Waals surface area contributed by atoms with E-state index in [1.807, 2.05) is 32.0 Å². The number of benzene rings is 2. The number of aryl methyl sites for hydroxylation is 2. The van der Waals surface area contributed by atoms with Crippen molar-refractivity contribution in [1.29, 1.82) is 5.26 Å². The van der Waals surface area contributed by atoms with Gasteiger partial charge in [0.1, 0.15) is 12.4 Å². The Morgan fingerprint density at radius 2 is 1.86 bits per heavy atom. The first-order valence-corrected chi connectivity index (χ1v) is 8.00. The van der Waals surface area contributed by atoms with Crippen molar-refractivity contribution in [2.75, 3.05) is 12.4 Å². The van der Waals surface area contributed by atoms with Crippen molar-refractivity contribution in [3.05, 3.63) is 59.2 Å². The Kier molecular flexibility index (Phi) is 5.13. The third-order valence-electron chi connectivity index (χ3n) is 3.10. The summed E-state index contributed by atoms with van der Waals surface area (Å²) in [6.07, 6.45) is 0. The number of nitriles is 1. The third-order valence-corrected chi connectivity index (χ3v) is 4.58. The second kappa shape index (κ2) is 7.05. The Balaban J connectivity index is 1.90. The summed E-state index contributed by atoms with van der Waals surface area (Å²) in [7, 11) is -1.06. The summed E-state index contributed by atoms with van der Waals surface area (Å²) in [5.41, 5.74) is 2.81. The van der Waals surface area contributed by atoms with E-state index in [2.05, 4.69) is 6.07 Å². The maximum Gasteiger partial charge on any atom is 0.119 e. The van der Waals surface area contributed by atoms with Gasteiger partial charge in [-0.25, -0.2) is 0 Å². The highest BCUT2D eigenvalue weighted by Crippen LogP contribution is 2.16. The first-order chi connectivity index (χ1) is 10.1. The SMILES string of the molecule is Cc1ccc(S(=O)CCOc2ccc(C#N)cc2)c(C)c1. The zero-order chi connectivity index (χ0) is 15.2.